The summed E-state index contributed by atoms with van der Waals surface area (Å²) in [6.45, 7) is 4.54. The van der Waals surface area contributed by atoms with Gasteiger partial charge < -0.3 is 4.74 Å². The highest BCUT2D eigenvalue weighted by atomic mass is 35.5. The summed E-state index contributed by atoms with van der Waals surface area (Å²) in [5, 5.41) is 0. The van der Waals surface area contributed by atoms with Gasteiger partial charge in [0.1, 0.15) is 5.75 Å². The molecule has 0 bridgehead atoms. The number of Topliss-reactive ketones (excluding diaryl/α,β-unsaturated/α-hetero) is 1. The second-order valence-corrected chi connectivity index (χ2v) is 10.7. The maximum Gasteiger partial charge on any atom is 0.214 e. The lowest BCUT2D eigenvalue weighted by Gasteiger charge is -2.50. The second-order valence-electron chi connectivity index (χ2n) is 8.61. The van der Waals surface area contributed by atoms with Gasteiger partial charge in [-0.15, -0.1) is 12.4 Å². The van der Waals surface area contributed by atoms with Gasteiger partial charge in [0.05, 0.1) is 18.4 Å². The van der Waals surface area contributed by atoms with Crippen molar-refractivity contribution >= 4 is 28.2 Å². The first kappa shape index (κ1) is 26.1. The van der Waals surface area contributed by atoms with E-state index in [-0.39, 0.29) is 29.5 Å². The minimum Gasteiger partial charge on any atom is -0.496 e. The summed E-state index contributed by atoms with van der Waals surface area (Å²) >= 11 is 0. The number of hydrogen-bond donors (Lipinski definition) is 0. The van der Waals surface area contributed by atoms with Crippen LogP contribution in [-0.2, 0) is 10.0 Å². The van der Waals surface area contributed by atoms with E-state index >= 15 is 0 Å². The van der Waals surface area contributed by atoms with Crippen molar-refractivity contribution in [2.75, 3.05) is 39.0 Å². The SMILES string of the molecule is CCCS(=O)(=O)N1CCN(C2(CCC(=O)c3ccccc3OC)CCCCC2)CC1.Cl. The first-order valence-electron chi connectivity index (χ1n) is 11.3. The Kier molecular flexibility index (Phi) is 9.80. The van der Waals surface area contributed by atoms with Gasteiger partial charge in [0.25, 0.3) is 0 Å². The number of carbonyl (C=O) groups excluding carboxylic acids is 1. The van der Waals surface area contributed by atoms with Gasteiger partial charge in [0.2, 0.25) is 10.0 Å². The lowest BCUT2D eigenvalue weighted by atomic mass is 9.76. The Morgan fingerprint density at radius 1 is 1.06 bits per heavy atom. The van der Waals surface area contributed by atoms with E-state index in [1.54, 1.807) is 11.4 Å². The molecule has 1 aromatic rings. The predicted molar refractivity (Wildman–Crippen MR) is 127 cm³/mol. The third-order valence-corrected chi connectivity index (χ3v) is 8.85. The van der Waals surface area contributed by atoms with E-state index in [0.29, 0.717) is 37.2 Å². The Bertz CT molecular complexity index is 817. The molecule has 31 heavy (non-hydrogen) atoms. The summed E-state index contributed by atoms with van der Waals surface area (Å²) in [6, 6.07) is 7.43. The minimum absolute atomic E-state index is 0. The van der Waals surface area contributed by atoms with Crippen LogP contribution in [0.15, 0.2) is 24.3 Å². The number of halogens is 1. The zero-order valence-electron chi connectivity index (χ0n) is 18.8. The predicted octanol–water partition coefficient (Wildman–Crippen LogP) is 4.14. The molecule has 0 spiro atoms. The number of rotatable bonds is 9. The molecule has 2 aliphatic rings. The van der Waals surface area contributed by atoms with Gasteiger partial charge in [-0.3, -0.25) is 9.69 Å². The maximum atomic E-state index is 13.0. The molecule has 1 saturated heterocycles. The van der Waals surface area contributed by atoms with Crippen molar-refractivity contribution in [2.45, 2.75) is 63.8 Å². The van der Waals surface area contributed by atoms with Gasteiger partial charge in [0, 0.05) is 38.1 Å². The molecule has 1 aliphatic carbocycles. The van der Waals surface area contributed by atoms with Crippen molar-refractivity contribution in [1.29, 1.82) is 0 Å². The van der Waals surface area contributed by atoms with Gasteiger partial charge in [-0.1, -0.05) is 38.3 Å². The summed E-state index contributed by atoms with van der Waals surface area (Å²) in [5.41, 5.74) is 0.665. The van der Waals surface area contributed by atoms with Gasteiger partial charge in [-0.05, 0) is 37.8 Å². The Labute approximate surface area is 193 Å². The van der Waals surface area contributed by atoms with Crippen molar-refractivity contribution in [2.24, 2.45) is 0 Å². The number of nitrogens with zero attached hydrogens (tertiary/aromatic N) is 2. The average molecular weight is 473 g/mol. The van der Waals surface area contributed by atoms with E-state index < -0.39 is 10.0 Å². The number of piperazine rings is 1. The van der Waals surface area contributed by atoms with Crippen molar-refractivity contribution in [1.82, 2.24) is 9.21 Å². The van der Waals surface area contributed by atoms with E-state index in [1.165, 1.54) is 19.3 Å². The van der Waals surface area contributed by atoms with Crippen LogP contribution in [-0.4, -0.2) is 68.0 Å². The number of benzene rings is 1. The monoisotopic (exact) mass is 472 g/mol. The van der Waals surface area contributed by atoms with Crippen LogP contribution in [0, 0.1) is 0 Å². The highest BCUT2D eigenvalue weighted by molar-refractivity contribution is 7.89. The minimum atomic E-state index is -3.14. The molecule has 1 saturated carbocycles. The normalized spacial score (nSPS) is 20.1. The molecule has 0 aromatic heterocycles. The van der Waals surface area contributed by atoms with Crippen LogP contribution in [0.25, 0.3) is 0 Å². The molecule has 0 unspecified atom stereocenters. The van der Waals surface area contributed by atoms with E-state index in [0.717, 1.165) is 32.4 Å². The van der Waals surface area contributed by atoms with Crippen LogP contribution in [0.2, 0.25) is 0 Å². The molecule has 1 aliphatic heterocycles. The first-order chi connectivity index (χ1) is 14.4. The molecular formula is C23H37ClN2O4S. The molecule has 0 atom stereocenters. The van der Waals surface area contributed by atoms with Crippen LogP contribution in [0.5, 0.6) is 5.75 Å². The fourth-order valence-electron chi connectivity index (χ4n) is 5.12. The summed E-state index contributed by atoms with van der Waals surface area (Å²) in [6.07, 6.45) is 7.75. The van der Waals surface area contributed by atoms with Gasteiger partial charge in [0.15, 0.2) is 5.78 Å². The van der Waals surface area contributed by atoms with E-state index in [4.69, 9.17) is 4.74 Å². The standard InChI is InChI=1S/C23H36N2O4S.ClH/c1-3-19-30(27,28)25-17-15-24(16-18-25)23(12-7-4-8-13-23)14-11-21(26)20-9-5-6-10-22(20)29-2;/h5-6,9-10H,3-4,7-8,11-19H2,1-2H3;1H. The Morgan fingerprint density at radius 3 is 2.32 bits per heavy atom. The fraction of sp³-hybridized carbons (Fsp3) is 0.696. The van der Waals surface area contributed by atoms with Crippen molar-refractivity contribution in [3.05, 3.63) is 29.8 Å². The van der Waals surface area contributed by atoms with Crippen LogP contribution >= 0.6 is 12.4 Å². The van der Waals surface area contributed by atoms with Gasteiger partial charge in [-0.2, -0.15) is 4.31 Å². The second kappa shape index (κ2) is 11.6. The summed E-state index contributed by atoms with van der Waals surface area (Å²) in [7, 11) is -1.54. The zero-order chi connectivity index (χ0) is 21.6. The molecule has 0 N–H and O–H groups in total. The molecule has 3 rings (SSSR count). The quantitative estimate of drug-likeness (QED) is 0.505. The van der Waals surface area contributed by atoms with Gasteiger partial charge >= 0.3 is 0 Å². The highest BCUT2D eigenvalue weighted by Gasteiger charge is 2.40. The number of ether oxygens (including phenoxy) is 1. The molecule has 0 amide bonds. The third-order valence-electron chi connectivity index (χ3n) is 6.77. The molecule has 0 radical (unpaired) electrons. The summed E-state index contributed by atoms with van der Waals surface area (Å²) in [4.78, 5) is 15.4. The molecule has 6 nitrogen and oxygen atoms in total. The number of methoxy groups -OCH3 is 1. The van der Waals surface area contributed by atoms with Crippen molar-refractivity contribution in [3.63, 3.8) is 0 Å². The van der Waals surface area contributed by atoms with Gasteiger partial charge in [-0.25, -0.2) is 8.42 Å². The van der Waals surface area contributed by atoms with Crippen LogP contribution in [0.1, 0.15) is 68.6 Å². The molecule has 1 aromatic carbocycles. The molecule has 2 fully saturated rings. The highest BCUT2D eigenvalue weighted by Crippen LogP contribution is 2.39. The Morgan fingerprint density at radius 2 is 1.71 bits per heavy atom. The largest absolute Gasteiger partial charge is 0.496 e. The lowest BCUT2D eigenvalue weighted by Crippen LogP contribution is -2.58. The molecule has 1 heterocycles. The Balaban J connectivity index is 0.00000341. The smallest absolute Gasteiger partial charge is 0.214 e. The summed E-state index contributed by atoms with van der Waals surface area (Å²) in [5.74, 6) is 0.988. The average Bonchev–Trinajstić information content (AvgIpc) is 2.78. The van der Waals surface area contributed by atoms with E-state index in [1.807, 2.05) is 31.2 Å². The molecule has 8 heteroatoms. The number of ketones is 1. The Hall–Kier alpha value is -1.15. The number of hydrogen-bond acceptors (Lipinski definition) is 5. The zero-order valence-corrected chi connectivity index (χ0v) is 20.5. The molecule has 176 valence electrons. The summed E-state index contributed by atoms with van der Waals surface area (Å²) < 4.78 is 31.9. The lowest BCUT2D eigenvalue weighted by molar-refractivity contribution is 0.0165. The van der Waals surface area contributed by atoms with E-state index in [9.17, 15) is 13.2 Å². The van der Waals surface area contributed by atoms with Crippen molar-refractivity contribution < 1.29 is 17.9 Å². The van der Waals surface area contributed by atoms with Crippen LogP contribution in [0.4, 0.5) is 0 Å². The maximum absolute atomic E-state index is 13.0. The topological polar surface area (TPSA) is 66.9 Å². The third kappa shape index (κ3) is 6.21. The van der Waals surface area contributed by atoms with Crippen LogP contribution in [0.3, 0.4) is 0 Å². The number of carbonyl (C=O) groups is 1. The first-order valence-corrected chi connectivity index (χ1v) is 12.9. The van der Waals surface area contributed by atoms with E-state index in [2.05, 4.69) is 4.90 Å². The number of sulfonamides is 1. The number of para-hydroxylation sites is 1. The fourth-order valence-corrected chi connectivity index (χ4v) is 6.61. The molecular weight excluding hydrogens is 436 g/mol. The van der Waals surface area contributed by atoms with Crippen molar-refractivity contribution in [3.8, 4) is 5.75 Å². The van der Waals surface area contributed by atoms with Crippen LogP contribution < -0.4 is 4.74 Å².